The van der Waals surface area contributed by atoms with E-state index in [0.717, 1.165) is 33.2 Å². The number of nitrogens with zero attached hydrogens (tertiary/aromatic N) is 4. The highest BCUT2D eigenvalue weighted by molar-refractivity contribution is 7.90. The molecule has 1 aliphatic heterocycles. The van der Waals surface area contributed by atoms with E-state index in [4.69, 9.17) is 4.74 Å². The summed E-state index contributed by atoms with van der Waals surface area (Å²) < 4.78 is 64.6. The molecule has 0 bridgehead atoms. The predicted molar refractivity (Wildman–Crippen MR) is 157 cm³/mol. The molecule has 1 N–H and O–H groups in total. The zero-order valence-electron chi connectivity index (χ0n) is 24.1. The first-order valence-corrected chi connectivity index (χ1v) is 18.2. The number of aryl methyl sites for hydroxylation is 3. The largest absolute Gasteiger partial charge is 0.586 e. The van der Waals surface area contributed by atoms with Crippen LogP contribution in [0, 0.1) is 20.8 Å². The van der Waals surface area contributed by atoms with Crippen LogP contribution in [0.3, 0.4) is 0 Å². The van der Waals surface area contributed by atoms with Gasteiger partial charge in [0.25, 0.3) is 0 Å². The molecule has 4 rings (SSSR count). The minimum Gasteiger partial charge on any atom is -0.586 e. The first kappa shape index (κ1) is 31.1. The van der Waals surface area contributed by atoms with Crippen LogP contribution in [0.25, 0.3) is 11.0 Å². The Bertz CT molecular complexity index is 1430. The number of hydrogen-bond donors (Lipinski definition) is 1. The SMILES string of the molecule is Cc1cc(C)c([S+]([O-])N=Cc2nc3cc(CN4C[C@@H](C(F)(F)F)NC4=O)ccc3n2COCC[Si](C)(C)C)c(C)c1. The summed E-state index contributed by atoms with van der Waals surface area (Å²) in [5.41, 5.74) is 4.80. The second-order valence-corrected chi connectivity index (χ2v) is 18.4. The van der Waals surface area contributed by atoms with Gasteiger partial charge in [0.2, 0.25) is 0 Å². The fraction of sp³-hybridized carbons (Fsp3) is 0.464. The van der Waals surface area contributed by atoms with Crippen molar-refractivity contribution in [2.24, 2.45) is 4.40 Å². The topological polar surface area (TPSA) is 94.8 Å². The number of ether oxygens (including phenoxy) is 1. The van der Waals surface area contributed by atoms with Gasteiger partial charge in [0.15, 0.2) is 10.7 Å². The average Bonchev–Trinajstić information content (AvgIpc) is 3.38. The van der Waals surface area contributed by atoms with Gasteiger partial charge in [-0.1, -0.05) is 47.8 Å². The number of halogens is 3. The van der Waals surface area contributed by atoms with E-state index in [-0.39, 0.29) is 13.3 Å². The zero-order chi connectivity index (χ0) is 30.1. The quantitative estimate of drug-likeness (QED) is 0.135. The number of fused-ring (bicyclic) bond motifs is 1. The molecule has 2 atom stereocenters. The summed E-state index contributed by atoms with van der Waals surface area (Å²) in [6, 6.07) is 7.57. The van der Waals surface area contributed by atoms with E-state index in [2.05, 4.69) is 29.0 Å². The van der Waals surface area contributed by atoms with Gasteiger partial charge in [-0.15, -0.1) is 0 Å². The molecule has 1 aliphatic rings. The van der Waals surface area contributed by atoms with Crippen LogP contribution in [0.15, 0.2) is 39.6 Å². The third-order valence-corrected chi connectivity index (χ3v) is 9.85. The summed E-state index contributed by atoms with van der Waals surface area (Å²) in [6.45, 7) is 12.9. The molecule has 2 aromatic carbocycles. The monoisotopic (exact) mass is 607 g/mol. The summed E-state index contributed by atoms with van der Waals surface area (Å²) in [5.74, 6) is 0.442. The van der Waals surface area contributed by atoms with Gasteiger partial charge in [-0.05, 0) is 44.5 Å². The molecule has 0 spiro atoms. The number of aromatic nitrogens is 2. The van der Waals surface area contributed by atoms with E-state index in [0.29, 0.717) is 28.4 Å². The van der Waals surface area contributed by atoms with Crippen LogP contribution in [-0.2, 0) is 29.4 Å². The highest BCUT2D eigenvalue weighted by Crippen LogP contribution is 2.27. The van der Waals surface area contributed by atoms with Gasteiger partial charge in [-0.3, -0.25) is 4.57 Å². The Hall–Kier alpha value is -2.87. The maximum absolute atomic E-state index is 13.2. The molecule has 41 heavy (non-hydrogen) atoms. The molecule has 8 nitrogen and oxygen atoms in total. The highest BCUT2D eigenvalue weighted by Gasteiger charge is 2.46. The van der Waals surface area contributed by atoms with Crippen LogP contribution in [-0.4, -0.2) is 64.7 Å². The molecule has 1 fully saturated rings. The molecular formula is C28H36F3N5O3SSi. The molecule has 1 saturated heterocycles. The molecule has 2 heterocycles. The second-order valence-electron chi connectivity index (χ2n) is 11.7. The minimum atomic E-state index is -4.51. The molecule has 3 aromatic rings. The summed E-state index contributed by atoms with van der Waals surface area (Å²) >= 11 is -1.65. The smallest absolute Gasteiger partial charge is 0.410 e. The number of alkyl halides is 3. The van der Waals surface area contributed by atoms with Gasteiger partial charge >= 0.3 is 12.2 Å². The summed E-state index contributed by atoms with van der Waals surface area (Å²) in [6.07, 6.45) is -3.04. The Balaban J connectivity index is 1.61. The first-order valence-electron chi connectivity index (χ1n) is 13.4. The van der Waals surface area contributed by atoms with Crippen molar-refractivity contribution in [2.75, 3.05) is 13.2 Å². The summed E-state index contributed by atoms with van der Waals surface area (Å²) in [4.78, 5) is 18.6. The van der Waals surface area contributed by atoms with Crippen molar-refractivity contribution >= 4 is 42.7 Å². The third-order valence-electron chi connectivity index (χ3n) is 6.86. The van der Waals surface area contributed by atoms with Crippen molar-refractivity contribution in [3.8, 4) is 0 Å². The van der Waals surface area contributed by atoms with Crippen LogP contribution < -0.4 is 5.32 Å². The number of nitrogens with one attached hydrogen (secondary N) is 1. The molecule has 13 heteroatoms. The summed E-state index contributed by atoms with van der Waals surface area (Å²) in [5, 5.41) is 1.99. The van der Waals surface area contributed by atoms with E-state index >= 15 is 0 Å². The van der Waals surface area contributed by atoms with Gasteiger partial charge in [0, 0.05) is 32.4 Å². The fourth-order valence-corrected chi connectivity index (χ4v) is 6.50. The normalized spacial score (nSPS) is 17.2. The van der Waals surface area contributed by atoms with E-state index in [9.17, 15) is 22.5 Å². The molecule has 1 aromatic heterocycles. The molecule has 222 valence electrons. The number of carbonyl (C=O) groups is 1. The number of amides is 2. The third kappa shape index (κ3) is 7.70. The van der Waals surface area contributed by atoms with Crippen LogP contribution in [0.5, 0.6) is 0 Å². The molecule has 2 amide bonds. The fourth-order valence-electron chi connectivity index (χ4n) is 4.78. The number of carbonyl (C=O) groups excluding carboxylic acids is 1. The molecule has 0 aliphatic carbocycles. The maximum Gasteiger partial charge on any atom is 0.410 e. The van der Waals surface area contributed by atoms with Crippen molar-refractivity contribution in [2.45, 2.75) is 76.8 Å². The van der Waals surface area contributed by atoms with Gasteiger partial charge < -0.3 is 19.5 Å². The first-order chi connectivity index (χ1) is 19.1. The number of hydrogen-bond acceptors (Lipinski definition) is 5. The summed E-state index contributed by atoms with van der Waals surface area (Å²) in [7, 11) is -1.30. The Labute approximate surface area is 242 Å². The molecule has 0 saturated carbocycles. The lowest BCUT2D eigenvalue weighted by Crippen LogP contribution is -2.40. The van der Waals surface area contributed by atoms with Crippen molar-refractivity contribution in [3.05, 3.63) is 58.4 Å². The van der Waals surface area contributed by atoms with E-state index < -0.39 is 44.2 Å². The van der Waals surface area contributed by atoms with Gasteiger partial charge in [-0.2, -0.15) is 13.2 Å². The van der Waals surface area contributed by atoms with Crippen LogP contribution in [0.1, 0.15) is 28.1 Å². The molecular weight excluding hydrogens is 571 g/mol. The number of urea groups is 1. The lowest BCUT2D eigenvalue weighted by molar-refractivity contribution is -0.149. The number of rotatable bonds is 10. The van der Waals surface area contributed by atoms with E-state index in [1.54, 1.807) is 18.2 Å². The lowest BCUT2D eigenvalue weighted by atomic mass is 10.1. The number of benzene rings is 2. The van der Waals surface area contributed by atoms with E-state index in [1.807, 2.05) is 42.8 Å². The molecule has 0 radical (unpaired) electrons. The predicted octanol–water partition coefficient (Wildman–Crippen LogP) is 5.87. The van der Waals surface area contributed by atoms with Gasteiger partial charge in [0.1, 0.15) is 30.3 Å². The Morgan fingerprint density at radius 1 is 1.20 bits per heavy atom. The standard InChI is InChI=1S/C28H36F3N5O3SSi/c1-18-11-19(2)26(20(3)12-18)40(38)32-14-25-33-22-13-21(15-35-16-24(28(29,30)31)34-27(35)37)7-8-23(22)36(25)17-39-9-10-41(4,5)6/h7-8,11-14,24H,9-10,15-17H2,1-6H3,(H,34,37)/t24-,40?/m0/s1. The highest BCUT2D eigenvalue weighted by atomic mass is 32.2. The Morgan fingerprint density at radius 3 is 2.49 bits per heavy atom. The maximum atomic E-state index is 13.2. The van der Waals surface area contributed by atoms with Crippen LogP contribution in [0.4, 0.5) is 18.0 Å². The van der Waals surface area contributed by atoms with Crippen molar-refractivity contribution < 1.29 is 27.3 Å². The van der Waals surface area contributed by atoms with Crippen LogP contribution in [0.2, 0.25) is 25.7 Å². The van der Waals surface area contributed by atoms with E-state index in [1.165, 1.54) is 6.21 Å². The van der Waals surface area contributed by atoms with Crippen molar-refractivity contribution in [1.82, 2.24) is 19.8 Å². The average molecular weight is 608 g/mol. The lowest BCUT2D eigenvalue weighted by Gasteiger charge is -2.16. The second kappa shape index (κ2) is 12.2. The van der Waals surface area contributed by atoms with Gasteiger partial charge in [-0.25, -0.2) is 9.78 Å². The molecule has 1 unspecified atom stereocenters. The Kier molecular flexibility index (Phi) is 9.21. The van der Waals surface area contributed by atoms with Crippen molar-refractivity contribution in [1.29, 1.82) is 0 Å². The van der Waals surface area contributed by atoms with Gasteiger partial charge in [0.05, 0.1) is 17.6 Å². The zero-order valence-corrected chi connectivity index (χ0v) is 25.9. The number of imidazole rings is 1. The minimum absolute atomic E-state index is 0.00728. The van der Waals surface area contributed by atoms with Crippen LogP contribution >= 0.6 is 0 Å². The van der Waals surface area contributed by atoms with Crippen molar-refractivity contribution in [3.63, 3.8) is 0 Å². The Morgan fingerprint density at radius 2 is 1.88 bits per heavy atom.